The lowest BCUT2D eigenvalue weighted by molar-refractivity contribution is 0.222. The summed E-state index contributed by atoms with van der Waals surface area (Å²) in [7, 11) is -2.48. The molecule has 0 aliphatic heterocycles. The predicted molar refractivity (Wildman–Crippen MR) is 117 cm³/mol. The van der Waals surface area contributed by atoms with Gasteiger partial charge in [0.2, 0.25) is 21.7 Å². The highest BCUT2D eigenvalue weighted by atomic mass is 35.5. The van der Waals surface area contributed by atoms with Crippen molar-refractivity contribution in [3.8, 4) is 17.1 Å². The minimum Gasteiger partial charge on any atom is -0.495 e. The summed E-state index contributed by atoms with van der Waals surface area (Å²) in [5.74, 6) is 0.923. The molecule has 0 radical (unpaired) electrons. The van der Waals surface area contributed by atoms with Gasteiger partial charge in [0.25, 0.3) is 0 Å². The number of ether oxygens (including phenoxy) is 1. The Labute approximate surface area is 187 Å². The Hall–Kier alpha value is -2.42. The number of methoxy groups -OCH3 is 1. The van der Waals surface area contributed by atoms with E-state index in [-0.39, 0.29) is 29.1 Å². The van der Waals surface area contributed by atoms with Crippen LogP contribution in [0.25, 0.3) is 11.4 Å². The van der Waals surface area contributed by atoms with E-state index in [1.165, 1.54) is 17.5 Å². The largest absolute Gasteiger partial charge is 0.495 e. The van der Waals surface area contributed by atoms with Gasteiger partial charge in [-0.25, -0.2) is 8.42 Å². The Morgan fingerprint density at radius 2 is 1.87 bits per heavy atom. The number of rotatable bonds is 7. The van der Waals surface area contributed by atoms with E-state index in [1.807, 2.05) is 30.3 Å². The summed E-state index contributed by atoms with van der Waals surface area (Å²) in [6, 6.07) is 13.9. The van der Waals surface area contributed by atoms with Crippen LogP contribution in [0.5, 0.6) is 5.75 Å². The average Bonchev–Trinajstić information content (AvgIpc) is 3.27. The summed E-state index contributed by atoms with van der Waals surface area (Å²) < 4.78 is 39.7. The monoisotopic (exact) mass is 461 g/mol. The lowest BCUT2D eigenvalue weighted by atomic mass is 9.95. The quantitative estimate of drug-likeness (QED) is 0.496. The van der Waals surface area contributed by atoms with Crippen molar-refractivity contribution < 1.29 is 17.7 Å². The molecule has 0 bridgehead atoms. The van der Waals surface area contributed by atoms with Gasteiger partial charge in [-0.15, -0.1) is 0 Å². The van der Waals surface area contributed by atoms with E-state index in [0.29, 0.717) is 10.8 Å². The molecule has 1 aromatic heterocycles. The van der Waals surface area contributed by atoms with Gasteiger partial charge in [0, 0.05) is 16.6 Å². The first-order chi connectivity index (χ1) is 15.0. The molecular weight excluding hydrogens is 438 g/mol. The van der Waals surface area contributed by atoms with E-state index >= 15 is 0 Å². The summed E-state index contributed by atoms with van der Waals surface area (Å²) in [5.41, 5.74) is 0.807. The van der Waals surface area contributed by atoms with E-state index in [2.05, 4.69) is 10.1 Å². The molecule has 0 amide bonds. The highest BCUT2D eigenvalue weighted by Gasteiger charge is 2.36. The number of halogens is 1. The molecule has 1 fully saturated rings. The molecule has 3 aromatic rings. The van der Waals surface area contributed by atoms with Gasteiger partial charge in [-0.3, -0.25) is 0 Å². The molecule has 7 nitrogen and oxygen atoms in total. The number of aromatic nitrogens is 2. The Morgan fingerprint density at radius 1 is 1.13 bits per heavy atom. The van der Waals surface area contributed by atoms with Crippen molar-refractivity contribution >= 4 is 21.6 Å². The van der Waals surface area contributed by atoms with Gasteiger partial charge in [-0.05, 0) is 31.0 Å². The van der Waals surface area contributed by atoms with Crippen LogP contribution in [0.3, 0.4) is 0 Å². The maximum absolute atomic E-state index is 13.7. The molecule has 1 saturated carbocycles. The van der Waals surface area contributed by atoms with Gasteiger partial charge >= 0.3 is 0 Å². The van der Waals surface area contributed by atoms with Crippen molar-refractivity contribution in [3.05, 3.63) is 59.4 Å². The lowest BCUT2D eigenvalue weighted by Crippen LogP contribution is -2.41. The van der Waals surface area contributed by atoms with Crippen LogP contribution in [0.1, 0.15) is 38.0 Å². The van der Waals surface area contributed by atoms with E-state index in [9.17, 15) is 8.42 Å². The molecule has 1 heterocycles. The summed E-state index contributed by atoms with van der Waals surface area (Å²) in [5, 5.41) is 4.36. The van der Waals surface area contributed by atoms with Crippen LogP contribution in [0.15, 0.2) is 57.9 Å². The number of hydrogen-bond donors (Lipinski definition) is 0. The molecule has 0 unspecified atom stereocenters. The Balaban J connectivity index is 1.70. The van der Waals surface area contributed by atoms with Gasteiger partial charge in [-0.1, -0.05) is 66.4 Å². The van der Waals surface area contributed by atoms with Crippen LogP contribution in [0.4, 0.5) is 0 Å². The first kappa shape index (κ1) is 21.8. The third-order valence-electron chi connectivity index (χ3n) is 5.49. The second-order valence-corrected chi connectivity index (χ2v) is 9.81. The molecule has 0 atom stereocenters. The smallest absolute Gasteiger partial charge is 0.247 e. The third kappa shape index (κ3) is 4.76. The summed E-state index contributed by atoms with van der Waals surface area (Å²) in [4.78, 5) is 4.48. The molecule has 0 N–H and O–H groups in total. The van der Waals surface area contributed by atoms with Gasteiger partial charge in [0.05, 0.1) is 13.7 Å². The molecule has 9 heteroatoms. The van der Waals surface area contributed by atoms with E-state index < -0.39 is 10.0 Å². The number of nitrogens with zero attached hydrogens (tertiary/aromatic N) is 3. The predicted octanol–water partition coefficient (Wildman–Crippen LogP) is 4.92. The highest BCUT2D eigenvalue weighted by Crippen LogP contribution is 2.34. The number of hydrogen-bond acceptors (Lipinski definition) is 6. The fourth-order valence-corrected chi connectivity index (χ4v) is 5.97. The topological polar surface area (TPSA) is 85.5 Å². The minimum atomic E-state index is -3.92. The average molecular weight is 462 g/mol. The molecule has 0 spiro atoms. The zero-order valence-electron chi connectivity index (χ0n) is 17.2. The van der Waals surface area contributed by atoms with Crippen molar-refractivity contribution in [2.75, 3.05) is 7.11 Å². The van der Waals surface area contributed by atoms with E-state index in [4.69, 9.17) is 20.9 Å². The molecule has 1 aliphatic rings. The van der Waals surface area contributed by atoms with Crippen LogP contribution >= 0.6 is 11.6 Å². The van der Waals surface area contributed by atoms with Crippen LogP contribution in [-0.2, 0) is 16.6 Å². The van der Waals surface area contributed by atoms with Crippen molar-refractivity contribution in [2.24, 2.45) is 0 Å². The molecule has 164 valence electrons. The van der Waals surface area contributed by atoms with E-state index in [0.717, 1.165) is 37.7 Å². The Kier molecular flexibility index (Phi) is 6.60. The second kappa shape index (κ2) is 9.38. The summed E-state index contributed by atoms with van der Waals surface area (Å²) >= 11 is 6.12. The van der Waals surface area contributed by atoms with Crippen LogP contribution < -0.4 is 4.74 Å². The van der Waals surface area contributed by atoms with Gasteiger partial charge in [0.15, 0.2) is 0 Å². The molecule has 31 heavy (non-hydrogen) atoms. The number of sulfonamides is 1. The zero-order chi connectivity index (χ0) is 21.8. The molecule has 0 saturated heterocycles. The van der Waals surface area contributed by atoms with Gasteiger partial charge in [0.1, 0.15) is 10.6 Å². The summed E-state index contributed by atoms with van der Waals surface area (Å²) in [6.07, 6.45) is 4.61. The third-order valence-corrected chi connectivity index (χ3v) is 7.64. The van der Waals surface area contributed by atoms with Crippen molar-refractivity contribution in [2.45, 2.75) is 49.6 Å². The normalized spacial score (nSPS) is 15.3. The Bertz CT molecular complexity index is 1130. The minimum absolute atomic E-state index is 0.0114. The van der Waals surface area contributed by atoms with Crippen LogP contribution in [0.2, 0.25) is 5.02 Å². The highest BCUT2D eigenvalue weighted by molar-refractivity contribution is 7.89. The lowest BCUT2D eigenvalue weighted by Gasteiger charge is -2.32. The molecule has 2 aromatic carbocycles. The summed E-state index contributed by atoms with van der Waals surface area (Å²) in [6.45, 7) is -0.0114. The molecule has 1 aliphatic carbocycles. The second-order valence-electron chi connectivity index (χ2n) is 7.52. The van der Waals surface area contributed by atoms with Crippen molar-refractivity contribution in [1.82, 2.24) is 14.4 Å². The van der Waals surface area contributed by atoms with Gasteiger partial charge in [-0.2, -0.15) is 9.29 Å². The maximum Gasteiger partial charge on any atom is 0.247 e. The SMILES string of the molecule is COc1ccc(Cl)cc1S(=O)(=O)N(Cc1nc(-c2ccccc2)no1)C1CCCCC1. The van der Waals surface area contributed by atoms with Crippen molar-refractivity contribution in [1.29, 1.82) is 0 Å². The fourth-order valence-electron chi connectivity index (χ4n) is 3.91. The fraction of sp³-hybridized carbons (Fsp3) is 0.364. The van der Waals surface area contributed by atoms with Crippen molar-refractivity contribution in [3.63, 3.8) is 0 Å². The first-order valence-electron chi connectivity index (χ1n) is 10.2. The first-order valence-corrected chi connectivity index (χ1v) is 12.0. The van der Waals surface area contributed by atoms with Crippen LogP contribution in [0, 0.1) is 0 Å². The maximum atomic E-state index is 13.7. The van der Waals surface area contributed by atoms with E-state index in [1.54, 1.807) is 12.1 Å². The molecular formula is C22H24ClN3O4S. The number of benzene rings is 2. The Morgan fingerprint density at radius 3 is 2.58 bits per heavy atom. The molecule has 4 rings (SSSR count). The standard InChI is InChI=1S/C22H24ClN3O4S/c1-29-19-13-12-17(23)14-20(19)31(27,28)26(18-10-6-3-7-11-18)15-21-24-22(25-30-21)16-8-4-2-5-9-16/h2,4-5,8-9,12-14,18H,3,6-7,10-11,15H2,1H3. The zero-order valence-corrected chi connectivity index (χ0v) is 18.8. The van der Waals surface area contributed by atoms with Gasteiger partial charge < -0.3 is 9.26 Å². The van der Waals surface area contributed by atoms with Crippen LogP contribution in [-0.4, -0.2) is 36.0 Å².